The van der Waals surface area contributed by atoms with Crippen LogP contribution in [0.1, 0.15) is 32.4 Å². The molecule has 4 rings (SSSR count). The van der Waals surface area contributed by atoms with Gasteiger partial charge in [-0.15, -0.1) is 0 Å². The average molecular weight is 416 g/mol. The predicted molar refractivity (Wildman–Crippen MR) is 112 cm³/mol. The molecule has 28 heavy (non-hydrogen) atoms. The number of nitrogens with one attached hydrogen (secondary N) is 1. The fourth-order valence-electron chi connectivity index (χ4n) is 3.50. The Morgan fingerprint density at radius 1 is 1.18 bits per heavy atom. The van der Waals surface area contributed by atoms with E-state index < -0.39 is 6.04 Å². The van der Waals surface area contributed by atoms with Gasteiger partial charge in [-0.2, -0.15) is 0 Å². The second-order valence-corrected chi connectivity index (χ2v) is 7.80. The highest BCUT2D eigenvalue weighted by molar-refractivity contribution is 6.42. The zero-order valence-electron chi connectivity index (χ0n) is 15.7. The Bertz CT molecular complexity index is 1120. The van der Waals surface area contributed by atoms with Crippen molar-refractivity contribution < 1.29 is 9.53 Å². The molecule has 0 fully saturated rings. The maximum Gasteiger partial charge on any atom is 0.338 e. The molecule has 1 N–H and O–H groups in total. The summed E-state index contributed by atoms with van der Waals surface area (Å²) in [4.78, 5) is 17.7. The lowest BCUT2D eigenvalue weighted by Gasteiger charge is -2.30. The third kappa shape index (κ3) is 3.15. The standard InChI is InChI=1S/C21H19Cl2N3O2/c1-11(2)28-20(27)18-12(3)24-21-25-16-6-4-5-7-17(16)26(21)19(18)13-8-9-14(22)15(23)10-13/h4-11,19H,1-3H3,(H,24,25)/t19-/m0/s1. The number of nitrogens with zero attached hydrogens (tertiary/aromatic N) is 2. The van der Waals surface area contributed by atoms with E-state index in [0.29, 0.717) is 27.3 Å². The van der Waals surface area contributed by atoms with Crippen LogP contribution in [0.5, 0.6) is 0 Å². The van der Waals surface area contributed by atoms with E-state index in [2.05, 4.69) is 10.3 Å². The number of allylic oxidation sites excluding steroid dienone is 1. The number of ether oxygens (including phenoxy) is 1. The number of esters is 1. The van der Waals surface area contributed by atoms with Gasteiger partial charge >= 0.3 is 5.97 Å². The van der Waals surface area contributed by atoms with Gasteiger partial charge in [-0.25, -0.2) is 9.78 Å². The fraction of sp³-hybridized carbons (Fsp3) is 0.238. The molecule has 2 heterocycles. The highest BCUT2D eigenvalue weighted by Crippen LogP contribution is 2.40. The van der Waals surface area contributed by atoms with Crippen LogP contribution in [0.25, 0.3) is 11.0 Å². The van der Waals surface area contributed by atoms with Crippen molar-refractivity contribution in [3.8, 4) is 0 Å². The van der Waals surface area contributed by atoms with E-state index in [4.69, 9.17) is 27.9 Å². The molecule has 0 aliphatic carbocycles. The quantitative estimate of drug-likeness (QED) is 0.566. The molecule has 0 bridgehead atoms. The lowest BCUT2D eigenvalue weighted by Crippen LogP contribution is -2.30. The van der Waals surface area contributed by atoms with Crippen molar-refractivity contribution in [1.29, 1.82) is 0 Å². The molecule has 3 aromatic rings. The highest BCUT2D eigenvalue weighted by atomic mass is 35.5. The zero-order chi connectivity index (χ0) is 20.0. The van der Waals surface area contributed by atoms with Crippen LogP contribution in [0.15, 0.2) is 53.7 Å². The van der Waals surface area contributed by atoms with Crippen LogP contribution >= 0.6 is 23.2 Å². The minimum Gasteiger partial charge on any atom is -0.459 e. The Morgan fingerprint density at radius 3 is 2.64 bits per heavy atom. The third-order valence-electron chi connectivity index (χ3n) is 4.65. The number of anilines is 1. The molecule has 1 aliphatic heterocycles. The summed E-state index contributed by atoms with van der Waals surface area (Å²) < 4.78 is 7.54. The van der Waals surface area contributed by atoms with Crippen molar-refractivity contribution in [2.75, 3.05) is 5.32 Å². The molecule has 7 heteroatoms. The summed E-state index contributed by atoms with van der Waals surface area (Å²) >= 11 is 12.4. The van der Waals surface area contributed by atoms with Crippen molar-refractivity contribution in [3.63, 3.8) is 0 Å². The Hall–Kier alpha value is -2.50. The van der Waals surface area contributed by atoms with E-state index in [9.17, 15) is 4.79 Å². The van der Waals surface area contributed by atoms with Crippen LogP contribution in [-0.2, 0) is 9.53 Å². The van der Waals surface area contributed by atoms with E-state index in [-0.39, 0.29) is 12.1 Å². The smallest absolute Gasteiger partial charge is 0.338 e. The number of hydrogen-bond donors (Lipinski definition) is 1. The Balaban J connectivity index is 1.97. The summed E-state index contributed by atoms with van der Waals surface area (Å²) in [5.41, 5.74) is 3.78. The molecule has 1 aliphatic rings. The van der Waals surface area contributed by atoms with E-state index >= 15 is 0 Å². The molecule has 0 unspecified atom stereocenters. The van der Waals surface area contributed by atoms with Crippen molar-refractivity contribution in [1.82, 2.24) is 9.55 Å². The van der Waals surface area contributed by atoms with Crippen LogP contribution in [0.4, 0.5) is 5.95 Å². The summed E-state index contributed by atoms with van der Waals surface area (Å²) in [5, 5.41) is 4.14. The van der Waals surface area contributed by atoms with Crippen LogP contribution in [0.2, 0.25) is 10.0 Å². The summed E-state index contributed by atoms with van der Waals surface area (Å²) in [5.74, 6) is 0.287. The van der Waals surface area contributed by atoms with Gasteiger partial charge in [0, 0.05) is 5.70 Å². The molecule has 1 aromatic heterocycles. The Labute approximate surface area is 172 Å². The first-order valence-electron chi connectivity index (χ1n) is 8.97. The van der Waals surface area contributed by atoms with Gasteiger partial charge in [0.05, 0.1) is 38.8 Å². The summed E-state index contributed by atoms with van der Waals surface area (Å²) in [6.45, 7) is 5.51. The molecule has 5 nitrogen and oxygen atoms in total. The van der Waals surface area contributed by atoms with Crippen molar-refractivity contribution >= 4 is 46.2 Å². The number of imidazole rings is 1. The largest absolute Gasteiger partial charge is 0.459 e. The highest BCUT2D eigenvalue weighted by Gasteiger charge is 2.35. The number of benzene rings is 2. The molecule has 0 saturated carbocycles. The number of carbonyl (C=O) groups is 1. The van der Waals surface area contributed by atoms with Gasteiger partial charge in [0.2, 0.25) is 5.95 Å². The lowest BCUT2D eigenvalue weighted by molar-refractivity contribution is -0.143. The second-order valence-electron chi connectivity index (χ2n) is 6.99. The number of aromatic nitrogens is 2. The molecular formula is C21H19Cl2N3O2. The topological polar surface area (TPSA) is 56.2 Å². The Kier molecular flexibility index (Phi) is 4.81. The first-order valence-corrected chi connectivity index (χ1v) is 9.73. The predicted octanol–water partition coefficient (Wildman–Crippen LogP) is 5.58. The maximum atomic E-state index is 13.0. The SMILES string of the molecule is CC1=C(C(=O)OC(C)C)[C@H](c2ccc(Cl)c(Cl)c2)n2c(nc3ccccc32)N1. The molecule has 0 amide bonds. The van der Waals surface area contributed by atoms with Gasteiger partial charge in [-0.05, 0) is 50.6 Å². The number of hydrogen-bond acceptors (Lipinski definition) is 4. The molecule has 2 aromatic carbocycles. The number of fused-ring (bicyclic) bond motifs is 3. The van der Waals surface area contributed by atoms with Crippen LogP contribution in [0, 0.1) is 0 Å². The molecule has 0 spiro atoms. The summed E-state index contributed by atoms with van der Waals surface area (Å²) in [7, 11) is 0. The van der Waals surface area contributed by atoms with E-state index in [1.54, 1.807) is 12.1 Å². The Morgan fingerprint density at radius 2 is 1.93 bits per heavy atom. The fourth-order valence-corrected chi connectivity index (χ4v) is 3.81. The molecule has 0 radical (unpaired) electrons. The van der Waals surface area contributed by atoms with Crippen LogP contribution < -0.4 is 5.32 Å². The number of halogens is 2. The average Bonchev–Trinajstić information content (AvgIpc) is 3.00. The van der Waals surface area contributed by atoms with Gasteiger partial charge in [0.1, 0.15) is 0 Å². The molecule has 0 saturated heterocycles. The van der Waals surface area contributed by atoms with Crippen LogP contribution in [-0.4, -0.2) is 21.6 Å². The molecule has 1 atom stereocenters. The monoisotopic (exact) mass is 415 g/mol. The maximum absolute atomic E-state index is 13.0. The number of rotatable bonds is 3. The van der Waals surface area contributed by atoms with Gasteiger partial charge in [-0.1, -0.05) is 41.4 Å². The number of para-hydroxylation sites is 2. The van der Waals surface area contributed by atoms with Crippen LogP contribution in [0.3, 0.4) is 0 Å². The van der Waals surface area contributed by atoms with Crippen molar-refractivity contribution in [2.45, 2.75) is 32.9 Å². The number of carbonyl (C=O) groups excluding carboxylic acids is 1. The van der Waals surface area contributed by atoms with E-state index in [0.717, 1.165) is 16.6 Å². The molecule has 144 valence electrons. The van der Waals surface area contributed by atoms with E-state index in [1.165, 1.54) is 0 Å². The zero-order valence-corrected chi connectivity index (χ0v) is 17.2. The third-order valence-corrected chi connectivity index (χ3v) is 5.39. The normalized spacial score (nSPS) is 16.3. The first kappa shape index (κ1) is 18.8. The summed E-state index contributed by atoms with van der Waals surface area (Å²) in [6, 6.07) is 12.8. The first-order chi connectivity index (χ1) is 13.4. The minimum atomic E-state index is -0.440. The van der Waals surface area contributed by atoms with Crippen molar-refractivity contribution in [2.24, 2.45) is 0 Å². The summed E-state index contributed by atoms with van der Waals surface area (Å²) in [6.07, 6.45) is -0.233. The lowest BCUT2D eigenvalue weighted by atomic mass is 9.95. The second kappa shape index (κ2) is 7.15. The van der Waals surface area contributed by atoms with Gasteiger partial charge in [-0.3, -0.25) is 4.57 Å². The van der Waals surface area contributed by atoms with Gasteiger partial charge in [0.25, 0.3) is 0 Å². The van der Waals surface area contributed by atoms with E-state index in [1.807, 2.05) is 55.7 Å². The van der Waals surface area contributed by atoms with Crippen molar-refractivity contribution in [3.05, 3.63) is 69.3 Å². The van der Waals surface area contributed by atoms with Gasteiger partial charge < -0.3 is 10.1 Å². The molecular weight excluding hydrogens is 397 g/mol. The van der Waals surface area contributed by atoms with Gasteiger partial charge in [0.15, 0.2) is 0 Å². The minimum absolute atomic E-state index is 0.233.